The van der Waals surface area contributed by atoms with Crippen molar-refractivity contribution in [2.75, 3.05) is 13.2 Å². The molecule has 0 amide bonds. The Kier molecular flexibility index (Phi) is 12.5. The van der Waals surface area contributed by atoms with Crippen LogP contribution in [0, 0.1) is 39.5 Å². The fourth-order valence-corrected chi connectivity index (χ4v) is 6.95. The van der Waals surface area contributed by atoms with Crippen molar-refractivity contribution in [2.24, 2.45) is 11.8 Å². The summed E-state index contributed by atoms with van der Waals surface area (Å²) in [6.45, 7) is 14.8. The third kappa shape index (κ3) is 8.80. The third-order valence-corrected chi connectivity index (χ3v) is 9.17. The molecule has 0 radical (unpaired) electrons. The number of H-pyrrole nitrogens is 3. The quantitative estimate of drug-likeness (QED) is 0.120. The summed E-state index contributed by atoms with van der Waals surface area (Å²) in [7, 11) is 0. The molecule has 52 heavy (non-hydrogen) atoms. The lowest BCUT2D eigenvalue weighted by Gasteiger charge is -2.18. The normalized spacial score (nSPS) is 15.4. The minimum Gasteiger partial charge on any atom is -0.396 e. The number of carbonyl (C=O) groups is 2. The second-order valence-corrected chi connectivity index (χ2v) is 14.3. The van der Waals surface area contributed by atoms with E-state index in [4.69, 9.17) is 0 Å². The zero-order valence-electron chi connectivity index (χ0n) is 31.0. The van der Waals surface area contributed by atoms with Gasteiger partial charge < -0.3 is 15.2 Å². The molecule has 4 aromatic rings. The van der Waals surface area contributed by atoms with Gasteiger partial charge in [0.1, 0.15) is 5.69 Å². The van der Waals surface area contributed by atoms with Gasteiger partial charge in [-0.3, -0.25) is 33.7 Å². The highest BCUT2D eigenvalue weighted by Crippen LogP contribution is 2.31. The second-order valence-electron chi connectivity index (χ2n) is 14.3. The lowest BCUT2D eigenvalue weighted by molar-refractivity contribution is 0.102. The maximum Gasteiger partial charge on any atom is 0.329 e. The number of aliphatic hydroxyl groups is 2. The molecular formula is C40H48N4O8. The summed E-state index contributed by atoms with van der Waals surface area (Å²) in [5, 5.41) is 19.2. The maximum absolute atomic E-state index is 13.6. The third-order valence-electron chi connectivity index (χ3n) is 9.17. The predicted molar refractivity (Wildman–Crippen MR) is 200 cm³/mol. The first kappa shape index (κ1) is 39.6. The number of ketones is 2. The van der Waals surface area contributed by atoms with Gasteiger partial charge in [0.2, 0.25) is 11.6 Å². The van der Waals surface area contributed by atoms with Crippen LogP contribution in [0.2, 0.25) is 0 Å². The first-order valence-corrected chi connectivity index (χ1v) is 17.4. The number of benzene rings is 2. The number of aryl methyl sites for hydroxylation is 4. The molecule has 2 aromatic heterocycles. The van der Waals surface area contributed by atoms with E-state index in [0.717, 1.165) is 27.8 Å². The fraction of sp³-hybridized carbons (Fsp3) is 0.400. The average molecular weight is 713 g/mol. The van der Waals surface area contributed by atoms with E-state index in [1.54, 1.807) is 38.1 Å². The van der Waals surface area contributed by atoms with Crippen LogP contribution in [0.3, 0.4) is 0 Å². The Bertz CT molecular complexity index is 2230. The summed E-state index contributed by atoms with van der Waals surface area (Å²) < 4.78 is 1.33. The maximum atomic E-state index is 13.6. The van der Waals surface area contributed by atoms with Crippen molar-refractivity contribution >= 4 is 11.6 Å². The first-order chi connectivity index (χ1) is 24.4. The van der Waals surface area contributed by atoms with Gasteiger partial charge >= 0.3 is 11.4 Å². The number of aromatic nitrogens is 4. The van der Waals surface area contributed by atoms with Crippen LogP contribution in [-0.4, -0.2) is 54.5 Å². The summed E-state index contributed by atoms with van der Waals surface area (Å²) in [6.07, 6.45) is 2.38. The highest BCUT2D eigenvalue weighted by molar-refractivity contribution is 6.09. The highest BCUT2D eigenvalue weighted by atomic mass is 16.3. The Hall–Kier alpha value is -5.20. The monoisotopic (exact) mass is 712 g/mol. The standard InChI is InChI=1S/C24H30N2O5.C16H18N2O3/c1-13(2)20-21(22(29)17-6-14(3)5-15(4)7-17)26(24(31)25-23(20)30)10-16-8-18(11-27)19(9-16)12-28;1-8(2)12-13(17-16(21)18-15(12)20)14(19)11-6-9(3)5-10(4)7-11/h5-8,13,18-19,27-28H,9-12H2,1-4H3,(H,25,30,31);5-8H,1-4H3,(H2,17,18,20,21). The Morgan fingerprint density at radius 2 is 1.21 bits per heavy atom. The topological polar surface area (TPSA) is 195 Å². The Morgan fingerprint density at radius 1 is 0.712 bits per heavy atom. The van der Waals surface area contributed by atoms with Crippen molar-refractivity contribution < 1.29 is 19.8 Å². The van der Waals surface area contributed by atoms with Crippen molar-refractivity contribution in [2.45, 2.75) is 80.2 Å². The van der Waals surface area contributed by atoms with Crippen LogP contribution in [-0.2, 0) is 6.54 Å². The van der Waals surface area contributed by atoms with Crippen LogP contribution in [0.4, 0.5) is 0 Å². The SMILES string of the molecule is Cc1cc(C)cc(C(=O)c2[nH]c(=O)[nH]c(=O)c2C(C)C)c1.Cc1cc(C)cc(C(=O)c2c(C(C)C)c(=O)[nH]c(=O)n2CC2=CC(CO)C(CO)C2)c1. The van der Waals surface area contributed by atoms with E-state index in [1.807, 2.05) is 59.8 Å². The molecule has 5 rings (SSSR count). The predicted octanol–water partition coefficient (Wildman–Crippen LogP) is 4.09. The molecule has 1 aliphatic rings. The van der Waals surface area contributed by atoms with E-state index in [-0.39, 0.29) is 71.9 Å². The zero-order chi connectivity index (χ0) is 38.6. The number of aliphatic hydroxyl groups excluding tert-OH is 2. The van der Waals surface area contributed by atoms with E-state index in [9.17, 15) is 39.0 Å². The van der Waals surface area contributed by atoms with Crippen molar-refractivity contribution in [1.82, 2.24) is 19.5 Å². The smallest absolute Gasteiger partial charge is 0.329 e. The van der Waals surface area contributed by atoms with Gasteiger partial charge in [-0.15, -0.1) is 0 Å². The molecular weight excluding hydrogens is 664 g/mol. The van der Waals surface area contributed by atoms with Crippen molar-refractivity contribution in [3.63, 3.8) is 0 Å². The summed E-state index contributed by atoms with van der Waals surface area (Å²) >= 11 is 0. The van der Waals surface area contributed by atoms with Crippen LogP contribution in [0.1, 0.15) is 111 Å². The minimum atomic E-state index is -0.669. The van der Waals surface area contributed by atoms with Crippen molar-refractivity contribution in [3.05, 3.63) is 146 Å². The molecule has 2 atom stereocenters. The van der Waals surface area contributed by atoms with E-state index < -0.39 is 22.5 Å². The van der Waals surface area contributed by atoms with E-state index in [1.165, 1.54) is 4.57 Å². The fourth-order valence-electron chi connectivity index (χ4n) is 6.95. The summed E-state index contributed by atoms with van der Waals surface area (Å²) in [6, 6.07) is 10.9. The van der Waals surface area contributed by atoms with Gasteiger partial charge in [0.15, 0.2) is 0 Å². The van der Waals surface area contributed by atoms with Crippen molar-refractivity contribution in [1.29, 1.82) is 0 Å². The van der Waals surface area contributed by atoms with Gasteiger partial charge in [-0.2, -0.15) is 0 Å². The number of carbonyl (C=O) groups excluding carboxylic acids is 2. The van der Waals surface area contributed by atoms with Gasteiger partial charge in [-0.25, -0.2) is 9.59 Å². The molecule has 12 heteroatoms. The second kappa shape index (κ2) is 16.4. The van der Waals surface area contributed by atoms with Gasteiger partial charge in [0.25, 0.3) is 11.1 Å². The van der Waals surface area contributed by atoms with Gasteiger partial charge in [0, 0.05) is 47.9 Å². The molecule has 0 fully saturated rings. The number of rotatable bonds is 10. The molecule has 0 aliphatic heterocycles. The number of hydrogen-bond donors (Lipinski definition) is 5. The number of aromatic amines is 3. The van der Waals surface area contributed by atoms with Crippen LogP contribution in [0.25, 0.3) is 0 Å². The van der Waals surface area contributed by atoms with Crippen LogP contribution >= 0.6 is 0 Å². The summed E-state index contributed by atoms with van der Waals surface area (Å²) in [5.74, 6) is -1.46. The van der Waals surface area contributed by atoms with E-state index in [0.29, 0.717) is 23.1 Å². The molecule has 1 aliphatic carbocycles. The van der Waals surface area contributed by atoms with Gasteiger partial charge in [0.05, 0.1) is 5.69 Å². The van der Waals surface area contributed by atoms with Gasteiger partial charge in [-0.1, -0.05) is 73.7 Å². The lowest BCUT2D eigenvalue weighted by Crippen LogP contribution is -2.38. The summed E-state index contributed by atoms with van der Waals surface area (Å²) in [4.78, 5) is 82.2. The first-order valence-electron chi connectivity index (χ1n) is 17.4. The molecule has 2 aromatic carbocycles. The van der Waals surface area contributed by atoms with E-state index in [2.05, 4.69) is 15.0 Å². The number of nitrogens with one attached hydrogen (secondary N) is 3. The van der Waals surface area contributed by atoms with Crippen LogP contribution < -0.4 is 22.5 Å². The molecule has 0 saturated heterocycles. The number of nitrogens with zero attached hydrogens (tertiary/aromatic N) is 1. The summed E-state index contributed by atoms with van der Waals surface area (Å²) in [5.41, 5.74) is 3.87. The van der Waals surface area contributed by atoms with Crippen LogP contribution in [0.15, 0.2) is 67.2 Å². The molecule has 12 nitrogen and oxygen atoms in total. The molecule has 0 saturated carbocycles. The van der Waals surface area contributed by atoms with E-state index >= 15 is 0 Å². The number of allylic oxidation sites excluding steroid dienone is 1. The zero-order valence-corrected chi connectivity index (χ0v) is 31.0. The van der Waals surface area contributed by atoms with Crippen molar-refractivity contribution in [3.8, 4) is 0 Å². The molecule has 0 spiro atoms. The van der Waals surface area contributed by atoms with Gasteiger partial charge in [-0.05, 0) is 76.1 Å². The molecule has 2 heterocycles. The number of hydrogen-bond acceptors (Lipinski definition) is 8. The highest BCUT2D eigenvalue weighted by Gasteiger charge is 2.30. The molecule has 5 N–H and O–H groups in total. The minimum absolute atomic E-state index is 0.0721. The lowest BCUT2D eigenvalue weighted by atomic mass is 9.95. The largest absolute Gasteiger partial charge is 0.396 e. The average Bonchev–Trinajstić information content (AvgIpc) is 3.45. The Balaban J connectivity index is 0.000000251. The Morgan fingerprint density at radius 3 is 1.67 bits per heavy atom. The Labute approximate surface area is 301 Å². The molecule has 276 valence electrons. The van der Waals surface area contributed by atoms with Crippen LogP contribution in [0.5, 0.6) is 0 Å². The molecule has 0 bridgehead atoms. The molecule has 2 unspecified atom stereocenters.